The molecule has 0 radical (unpaired) electrons. The molecule has 1 unspecified atom stereocenters. The van der Waals surface area contributed by atoms with E-state index in [0.717, 1.165) is 5.56 Å². The zero-order chi connectivity index (χ0) is 28.2. The van der Waals surface area contributed by atoms with Crippen LogP contribution in [0.3, 0.4) is 0 Å². The van der Waals surface area contributed by atoms with Crippen LogP contribution in [0, 0.1) is 18.7 Å². The van der Waals surface area contributed by atoms with Gasteiger partial charge in [-0.05, 0) is 49.7 Å². The molecule has 1 aliphatic heterocycles. The molecule has 11 heteroatoms. The van der Waals surface area contributed by atoms with Crippen LogP contribution in [0.5, 0.6) is 5.75 Å². The zero-order valence-electron chi connectivity index (χ0n) is 21.8. The lowest BCUT2D eigenvalue weighted by atomic mass is 9.93. The van der Waals surface area contributed by atoms with E-state index in [1.54, 1.807) is 48.5 Å². The van der Waals surface area contributed by atoms with Gasteiger partial charge in [0.15, 0.2) is 11.6 Å². The molecule has 40 heavy (non-hydrogen) atoms. The normalized spacial score (nSPS) is 25.8. The number of likely N-dealkylation sites (tertiary alicyclic amines) is 1. The first kappa shape index (κ1) is 26.9. The monoisotopic (exact) mass is 567 g/mol. The molecular formula is C29H30FN3O6S. The highest BCUT2D eigenvalue weighted by Gasteiger charge is 2.59. The summed E-state index contributed by atoms with van der Waals surface area (Å²) < 4.78 is 47.2. The summed E-state index contributed by atoms with van der Waals surface area (Å²) >= 11 is 0. The van der Waals surface area contributed by atoms with Crippen LogP contribution in [-0.4, -0.2) is 75.0 Å². The summed E-state index contributed by atoms with van der Waals surface area (Å²) in [5.41, 5.74) is 0.263. The van der Waals surface area contributed by atoms with Crippen LogP contribution in [0.25, 0.3) is 10.9 Å². The van der Waals surface area contributed by atoms with Crippen LogP contribution in [0.4, 0.5) is 4.39 Å². The number of para-hydroxylation sites is 1. The van der Waals surface area contributed by atoms with E-state index in [0.29, 0.717) is 29.6 Å². The minimum absolute atomic E-state index is 0.0318. The van der Waals surface area contributed by atoms with Gasteiger partial charge < -0.3 is 20.1 Å². The Morgan fingerprint density at radius 2 is 1.93 bits per heavy atom. The third kappa shape index (κ3) is 4.57. The van der Waals surface area contributed by atoms with Gasteiger partial charge in [0.25, 0.3) is 10.0 Å². The summed E-state index contributed by atoms with van der Waals surface area (Å²) in [5.74, 6) is -0.816. The topological polar surface area (TPSA) is 125 Å². The maximum Gasteiger partial charge on any atom is 0.268 e. The van der Waals surface area contributed by atoms with Crippen molar-refractivity contribution in [3.63, 3.8) is 0 Å². The average molecular weight is 568 g/mol. The van der Waals surface area contributed by atoms with Crippen LogP contribution < -0.4 is 4.74 Å². The molecule has 1 aliphatic carbocycles. The number of rotatable bonds is 7. The van der Waals surface area contributed by atoms with E-state index in [-0.39, 0.29) is 29.7 Å². The second-order valence-corrected chi connectivity index (χ2v) is 12.6. The molecule has 3 N–H and O–H groups in total. The van der Waals surface area contributed by atoms with Gasteiger partial charge in [0.2, 0.25) is 0 Å². The van der Waals surface area contributed by atoms with Gasteiger partial charge in [-0.15, -0.1) is 0 Å². The van der Waals surface area contributed by atoms with Crippen molar-refractivity contribution >= 4 is 20.9 Å². The molecular weight excluding hydrogens is 537 g/mol. The van der Waals surface area contributed by atoms with E-state index in [1.807, 2.05) is 11.8 Å². The number of halogens is 1. The number of hydrogen-bond donors (Lipinski definition) is 3. The molecule has 2 aliphatic rings. The minimum Gasteiger partial charge on any atom is -0.485 e. The van der Waals surface area contributed by atoms with Gasteiger partial charge >= 0.3 is 0 Å². The van der Waals surface area contributed by atoms with Gasteiger partial charge in [-0.2, -0.15) is 0 Å². The van der Waals surface area contributed by atoms with Gasteiger partial charge in [0.1, 0.15) is 23.9 Å². The second-order valence-electron chi connectivity index (χ2n) is 10.8. The van der Waals surface area contributed by atoms with E-state index in [4.69, 9.17) is 4.74 Å². The predicted octanol–water partition coefficient (Wildman–Crippen LogP) is 2.63. The lowest BCUT2D eigenvalue weighted by Gasteiger charge is -2.29. The smallest absolute Gasteiger partial charge is 0.268 e. The second kappa shape index (κ2) is 9.93. The summed E-state index contributed by atoms with van der Waals surface area (Å²) in [6.07, 6.45) is 0.265. The summed E-state index contributed by atoms with van der Waals surface area (Å²) in [7, 11) is -3.82. The van der Waals surface area contributed by atoms with Gasteiger partial charge in [0, 0.05) is 37.1 Å². The van der Waals surface area contributed by atoms with Crippen molar-refractivity contribution in [2.24, 2.45) is 5.92 Å². The quantitative estimate of drug-likeness (QED) is 0.311. The molecule has 9 nitrogen and oxygen atoms in total. The van der Waals surface area contributed by atoms with E-state index in [9.17, 15) is 28.1 Å². The van der Waals surface area contributed by atoms with Gasteiger partial charge in [0.05, 0.1) is 22.3 Å². The number of fused-ring (bicyclic) bond motifs is 2. The Morgan fingerprint density at radius 1 is 1.18 bits per heavy atom. The Bertz CT molecular complexity index is 1660. The first-order valence-electron chi connectivity index (χ1n) is 13.1. The van der Waals surface area contributed by atoms with Gasteiger partial charge in [-0.3, -0.25) is 9.88 Å². The Kier molecular flexibility index (Phi) is 6.67. The largest absolute Gasteiger partial charge is 0.485 e. The lowest BCUT2D eigenvalue weighted by molar-refractivity contribution is -0.0879. The molecule has 2 aromatic carbocycles. The van der Waals surface area contributed by atoms with Crippen molar-refractivity contribution < 1.29 is 32.9 Å². The van der Waals surface area contributed by atoms with Crippen LogP contribution in [0.2, 0.25) is 0 Å². The molecule has 3 heterocycles. The molecule has 0 amide bonds. The van der Waals surface area contributed by atoms with Crippen LogP contribution in [-0.2, 0) is 10.0 Å². The Balaban J connectivity index is 1.14. The maximum atomic E-state index is 14.0. The van der Waals surface area contributed by atoms with E-state index in [1.165, 1.54) is 28.5 Å². The fourth-order valence-corrected chi connectivity index (χ4v) is 7.24. The third-order valence-electron chi connectivity index (χ3n) is 8.07. The number of β-amino-alcohol motifs (C(OH)–C–C–N with tert-alkyl or cyclic N) is 2. The fraction of sp³-hybridized carbons (Fsp3) is 0.345. The number of benzene rings is 2. The maximum absolute atomic E-state index is 14.0. The van der Waals surface area contributed by atoms with E-state index < -0.39 is 39.8 Å². The van der Waals surface area contributed by atoms with Crippen molar-refractivity contribution in [1.82, 2.24) is 13.9 Å². The number of pyridine rings is 1. The third-order valence-corrected chi connectivity index (χ3v) is 9.78. The van der Waals surface area contributed by atoms with Crippen molar-refractivity contribution in [1.29, 1.82) is 0 Å². The van der Waals surface area contributed by atoms with E-state index in [2.05, 4.69) is 4.98 Å². The highest BCUT2D eigenvalue weighted by Crippen LogP contribution is 2.44. The highest BCUT2D eigenvalue weighted by atomic mass is 32.2. The first-order valence-corrected chi connectivity index (χ1v) is 14.5. The lowest BCUT2D eigenvalue weighted by Crippen LogP contribution is -2.49. The highest BCUT2D eigenvalue weighted by molar-refractivity contribution is 7.90. The zero-order valence-corrected chi connectivity index (χ0v) is 22.6. The molecule has 0 bridgehead atoms. The first-order chi connectivity index (χ1) is 19.1. The Morgan fingerprint density at radius 3 is 2.65 bits per heavy atom. The summed E-state index contributed by atoms with van der Waals surface area (Å²) in [4.78, 5) is 6.37. The minimum atomic E-state index is -3.82. The van der Waals surface area contributed by atoms with Crippen LogP contribution in [0.15, 0.2) is 78.0 Å². The SMILES string of the molecule is Cc1ccc(S(=O)(=O)n2ccc3cc(C(O)CN4C[C@H]5C[C@H](Oc6ccccc6F)[C@H](O)[C@@]5(O)C4)ncc32)cc1. The molecule has 1 saturated heterocycles. The number of nitrogens with zero attached hydrogens (tertiary/aromatic N) is 3. The Labute approximate surface area is 231 Å². The number of ether oxygens (including phenoxy) is 1. The summed E-state index contributed by atoms with van der Waals surface area (Å²) in [6, 6.07) is 15.9. The van der Waals surface area contributed by atoms with Crippen molar-refractivity contribution in [3.05, 3.63) is 90.1 Å². The molecule has 5 atom stereocenters. The molecule has 6 rings (SSSR count). The Hall–Kier alpha value is -3.35. The molecule has 2 aromatic heterocycles. The van der Waals surface area contributed by atoms with Gasteiger partial charge in [-0.25, -0.2) is 16.8 Å². The standard InChI is InChI=1S/C29H30FN3O6S/c1-18-6-8-21(9-7-18)40(37,38)33-11-10-19-12-23(31-14-24(19)33)25(34)16-32-15-20-13-27(28(35)29(20,36)17-32)39-26-5-3-2-4-22(26)30/h2-12,14,20,25,27-28,34-36H,13,15-17H2,1H3/t20-,25?,27+,28+,29-/m1/s1. The number of aryl methyl sites for hydroxylation is 1. The van der Waals surface area contributed by atoms with Crippen molar-refractivity contribution in [3.8, 4) is 5.75 Å². The molecule has 0 spiro atoms. The molecule has 2 fully saturated rings. The number of aliphatic hydroxyl groups is 3. The van der Waals surface area contributed by atoms with Crippen LogP contribution in [0.1, 0.15) is 23.8 Å². The predicted molar refractivity (Wildman–Crippen MR) is 145 cm³/mol. The molecule has 210 valence electrons. The molecule has 1 saturated carbocycles. The van der Waals surface area contributed by atoms with Crippen molar-refractivity contribution in [2.45, 2.75) is 42.2 Å². The summed E-state index contributed by atoms with van der Waals surface area (Å²) in [5, 5.41) is 33.7. The van der Waals surface area contributed by atoms with E-state index >= 15 is 0 Å². The summed E-state index contributed by atoms with van der Waals surface area (Å²) in [6.45, 7) is 2.57. The molecule has 4 aromatic rings. The fourth-order valence-electron chi connectivity index (χ4n) is 5.90. The number of hydrogen-bond acceptors (Lipinski definition) is 8. The number of aromatic nitrogens is 2. The van der Waals surface area contributed by atoms with Gasteiger partial charge in [-0.1, -0.05) is 29.8 Å². The van der Waals surface area contributed by atoms with Crippen LogP contribution >= 0.6 is 0 Å². The van der Waals surface area contributed by atoms with Crippen molar-refractivity contribution in [2.75, 3.05) is 19.6 Å². The average Bonchev–Trinajstić information content (AvgIpc) is 3.56. The number of aliphatic hydroxyl groups excluding tert-OH is 2.